The number of nitrogens with one attached hydrogen (secondary N) is 2. The second-order valence-corrected chi connectivity index (χ2v) is 8.44. The van der Waals surface area contributed by atoms with Crippen LogP contribution in [0.5, 0.6) is 0 Å². The number of benzene rings is 2. The third-order valence-corrected chi connectivity index (χ3v) is 4.74. The maximum atomic E-state index is 13.9. The van der Waals surface area contributed by atoms with Gasteiger partial charge in [-0.1, -0.05) is 20.8 Å². The lowest BCUT2D eigenvalue weighted by atomic mass is 9.95. The molecule has 1 aromatic heterocycles. The molecule has 0 saturated heterocycles. The van der Waals surface area contributed by atoms with Gasteiger partial charge in [-0.2, -0.15) is 13.2 Å². The number of rotatable bonds is 4. The number of urea groups is 1. The van der Waals surface area contributed by atoms with Crippen LogP contribution < -0.4 is 22.1 Å². The van der Waals surface area contributed by atoms with Gasteiger partial charge in [0.25, 0.3) is 5.91 Å². The van der Waals surface area contributed by atoms with Crippen LogP contribution in [0.2, 0.25) is 0 Å². The summed E-state index contributed by atoms with van der Waals surface area (Å²) in [7, 11) is 0. The average molecular weight is 478 g/mol. The van der Waals surface area contributed by atoms with E-state index in [1.165, 1.54) is 12.1 Å². The van der Waals surface area contributed by atoms with E-state index in [2.05, 4.69) is 15.6 Å². The van der Waals surface area contributed by atoms with Crippen LogP contribution in [0.15, 0.2) is 42.5 Å². The van der Waals surface area contributed by atoms with Crippen molar-refractivity contribution >= 4 is 29.1 Å². The maximum Gasteiger partial charge on any atom is 0.416 e. The van der Waals surface area contributed by atoms with Crippen molar-refractivity contribution in [1.29, 1.82) is 0 Å². The number of imidazole rings is 1. The lowest BCUT2D eigenvalue weighted by molar-refractivity contribution is -0.137. The van der Waals surface area contributed by atoms with E-state index in [9.17, 15) is 27.2 Å². The van der Waals surface area contributed by atoms with Crippen LogP contribution in [0.1, 0.15) is 42.6 Å². The number of anilines is 3. The monoisotopic (exact) mass is 478 g/mol. The molecule has 8 nitrogen and oxygen atoms in total. The lowest BCUT2D eigenvalue weighted by Crippen LogP contribution is -2.21. The predicted octanol–water partition coefficient (Wildman–Crippen LogP) is 4.65. The van der Waals surface area contributed by atoms with Gasteiger partial charge in [0.15, 0.2) is 5.69 Å². The minimum absolute atomic E-state index is 0.0518. The van der Waals surface area contributed by atoms with Crippen molar-refractivity contribution in [1.82, 2.24) is 9.55 Å². The van der Waals surface area contributed by atoms with Crippen LogP contribution >= 0.6 is 0 Å². The number of carbonyl (C=O) groups excluding carboxylic acids is 2. The van der Waals surface area contributed by atoms with E-state index < -0.39 is 40.6 Å². The number of hydrogen-bond donors (Lipinski definition) is 4. The first kappa shape index (κ1) is 24.6. The first-order valence-corrected chi connectivity index (χ1v) is 9.92. The summed E-state index contributed by atoms with van der Waals surface area (Å²) in [5.74, 6) is -1.26. The van der Waals surface area contributed by atoms with Crippen molar-refractivity contribution in [3.05, 3.63) is 65.4 Å². The maximum absolute atomic E-state index is 13.9. The summed E-state index contributed by atoms with van der Waals surface area (Å²) < 4.78 is 54.0. The number of hydrogen-bond acceptors (Lipinski definition) is 4. The number of nitrogen functional groups attached to an aromatic ring is 1. The first-order valence-electron chi connectivity index (χ1n) is 9.92. The van der Waals surface area contributed by atoms with Crippen LogP contribution in [-0.2, 0) is 11.6 Å². The van der Waals surface area contributed by atoms with Gasteiger partial charge in [-0.25, -0.2) is 14.2 Å². The van der Waals surface area contributed by atoms with E-state index in [4.69, 9.17) is 11.5 Å². The van der Waals surface area contributed by atoms with Gasteiger partial charge < -0.3 is 22.1 Å². The van der Waals surface area contributed by atoms with Gasteiger partial charge in [0.05, 0.1) is 11.3 Å². The fourth-order valence-corrected chi connectivity index (χ4v) is 3.15. The SMILES string of the molecule is CC(C)(C)c1nc(C(N)=O)c(N)n1-c1ccc(NC(=O)Nc2cc(C(F)(F)F)ccc2F)cc1. The highest BCUT2D eigenvalue weighted by molar-refractivity contribution is 6.00. The van der Waals surface area contributed by atoms with Crippen LogP contribution in [0.3, 0.4) is 0 Å². The minimum atomic E-state index is -4.69. The van der Waals surface area contributed by atoms with Gasteiger partial charge >= 0.3 is 12.2 Å². The van der Waals surface area contributed by atoms with Crippen molar-refractivity contribution in [3.8, 4) is 5.69 Å². The Hall–Kier alpha value is -4.09. The first-order chi connectivity index (χ1) is 15.7. The zero-order valence-electron chi connectivity index (χ0n) is 18.4. The molecular formula is C22H22F4N6O2. The molecule has 0 unspecified atom stereocenters. The van der Waals surface area contributed by atoms with E-state index in [0.717, 1.165) is 0 Å². The largest absolute Gasteiger partial charge is 0.416 e. The Morgan fingerprint density at radius 1 is 1.00 bits per heavy atom. The molecular weight excluding hydrogens is 456 g/mol. The molecule has 6 N–H and O–H groups in total. The fourth-order valence-electron chi connectivity index (χ4n) is 3.15. The molecule has 0 spiro atoms. The van der Waals surface area contributed by atoms with Crippen LogP contribution in [-0.4, -0.2) is 21.5 Å². The number of amides is 3. The highest BCUT2D eigenvalue weighted by atomic mass is 19.4. The van der Waals surface area contributed by atoms with Gasteiger partial charge in [-0.15, -0.1) is 0 Å². The van der Waals surface area contributed by atoms with Crippen molar-refractivity contribution in [2.45, 2.75) is 32.4 Å². The summed E-state index contributed by atoms with van der Waals surface area (Å²) >= 11 is 0. The standard InChI is InChI=1S/C22H22F4N6O2/c1-21(2,3)19-31-16(18(28)33)17(27)32(19)13-7-5-12(6-8-13)29-20(34)30-15-10-11(22(24,25)26)4-9-14(15)23/h4-10H,27H2,1-3H3,(H2,28,33)(H2,29,30,34). The number of aromatic nitrogens is 2. The highest BCUT2D eigenvalue weighted by Crippen LogP contribution is 2.32. The molecule has 180 valence electrons. The smallest absolute Gasteiger partial charge is 0.383 e. The molecule has 0 aliphatic rings. The van der Waals surface area contributed by atoms with Crippen molar-refractivity contribution in [3.63, 3.8) is 0 Å². The summed E-state index contributed by atoms with van der Waals surface area (Å²) in [6.07, 6.45) is -4.69. The van der Waals surface area contributed by atoms with E-state index in [1.807, 2.05) is 20.8 Å². The third kappa shape index (κ3) is 5.11. The number of alkyl halides is 3. The Balaban J connectivity index is 1.83. The van der Waals surface area contributed by atoms with Gasteiger partial charge in [-0.05, 0) is 42.5 Å². The van der Waals surface area contributed by atoms with Gasteiger partial charge in [0.2, 0.25) is 0 Å². The average Bonchev–Trinajstić information content (AvgIpc) is 3.07. The zero-order chi connectivity index (χ0) is 25.4. The van der Waals surface area contributed by atoms with Crippen LogP contribution in [0.4, 0.5) is 39.5 Å². The molecule has 12 heteroatoms. The molecule has 0 saturated carbocycles. The molecule has 0 radical (unpaired) electrons. The molecule has 3 aromatic rings. The Morgan fingerprint density at radius 2 is 1.62 bits per heavy atom. The molecule has 0 aliphatic heterocycles. The summed E-state index contributed by atoms with van der Waals surface area (Å²) in [5, 5.41) is 4.47. The quantitative estimate of drug-likeness (QED) is 0.407. The number of nitrogens with two attached hydrogens (primary N) is 2. The Labute approximate surface area is 192 Å². The van der Waals surface area contributed by atoms with E-state index in [1.54, 1.807) is 16.7 Å². The van der Waals surface area contributed by atoms with Gasteiger partial charge in [0.1, 0.15) is 17.5 Å². The molecule has 1 heterocycles. The highest BCUT2D eigenvalue weighted by Gasteiger charge is 2.31. The predicted molar refractivity (Wildman–Crippen MR) is 119 cm³/mol. The lowest BCUT2D eigenvalue weighted by Gasteiger charge is -2.20. The van der Waals surface area contributed by atoms with E-state index >= 15 is 0 Å². The van der Waals surface area contributed by atoms with Gasteiger partial charge in [0, 0.05) is 16.8 Å². The third-order valence-electron chi connectivity index (χ3n) is 4.74. The Morgan fingerprint density at radius 3 is 2.15 bits per heavy atom. The molecule has 34 heavy (non-hydrogen) atoms. The summed E-state index contributed by atoms with van der Waals surface area (Å²) in [5.41, 5.74) is 9.97. The van der Waals surface area contributed by atoms with Crippen LogP contribution in [0, 0.1) is 5.82 Å². The second-order valence-electron chi connectivity index (χ2n) is 8.44. The second kappa shape index (κ2) is 8.69. The molecule has 0 bridgehead atoms. The van der Waals surface area contributed by atoms with Crippen molar-refractivity contribution in [2.24, 2.45) is 5.73 Å². The Kier molecular flexibility index (Phi) is 6.27. The summed E-state index contributed by atoms with van der Waals surface area (Å²) in [6.45, 7) is 5.63. The van der Waals surface area contributed by atoms with Crippen molar-refractivity contribution < 1.29 is 27.2 Å². The molecule has 3 amide bonds. The fraction of sp³-hybridized carbons (Fsp3) is 0.227. The van der Waals surface area contributed by atoms with E-state index in [-0.39, 0.29) is 17.2 Å². The van der Waals surface area contributed by atoms with Crippen LogP contribution in [0.25, 0.3) is 5.69 Å². The Bertz CT molecular complexity index is 1240. The topological polar surface area (TPSA) is 128 Å². The normalized spacial score (nSPS) is 11.9. The number of nitrogens with zero attached hydrogens (tertiary/aromatic N) is 2. The summed E-state index contributed by atoms with van der Waals surface area (Å²) in [6, 6.07) is 6.91. The summed E-state index contributed by atoms with van der Waals surface area (Å²) in [4.78, 5) is 28.2. The number of primary amides is 1. The van der Waals surface area contributed by atoms with Crippen molar-refractivity contribution in [2.75, 3.05) is 16.4 Å². The molecule has 0 fully saturated rings. The number of halogens is 4. The van der Waals surface area contributed by atoms with Gasteiger partial charge in [-0.3, -0.25) is 9.36 Å². The zero-order valence-corrected chi connectivity index (χ0v) is 18.4. The minimum Gasteiger partial charge on any atom is -0.383 e. The molecule has 0 aliphatic carbocycles. The number of carbonyl (C=O) groups is 2. The molecule has 3 rings (SSSR count). The molecule has 0 atom stereocenters. The molecule has 2 aromatic carbocycles. The van der Waals surface area contributed by atoms with E-state index in [0.29, 0.717) is 29.7 Å².